The lowest BCUT2D eigenvalue weighted by atomic mass is 10.1. The van der Waals surface area contributed by atoms with Crippen LogP contribution in [0.3, 0.4) is 0 Å². The minimum absolute atomic E-state index is 1.21. The van der Waals surface area contributed by atoms with Gasteiger partial charge in [-0.25, -0.2) is 0 Å². The highest BCUT2D eigenvalue weighted by Gasteiger charge is 1.90. The van der Waals surface area contributed by atoms with Crippen LogP contribution in [0.15, 0.2) is 24.8 Å². The third-order valence-corrected chi connectivity index (χ3v) is 2.29. The van der Waals surface area contributed by atoms with E-state index in [1.165, 1.54) is 51.4 Å². The first-order valence-electron chi connectivity index (χ1n) is 6.01. The van der Waals surface area contributed by atoms with E-state index in [1.807, 2.05) is 12.2 Å². The minimum atomic E-state index is 1.21. The van der Waals surface area contributed by atoms with Gasteiger partial charge in [0, 0.05) is 0 Å². The maximum atomic E-state index is 3.65. The standard InChI is InChI=1S/C14H25/c1-3-5-7-9-11-13-14-12-10-8-6-4-2/h3,5,7-8H,1,4,6,9-14H2,2H3/b7-5-. The molecule has 0 fully saturated rings. The van der Waals surface area contributed by atoms with Crippen LogP contribution < -0.4 is 0 Å². The van der Waals surface area contributed by atoms with Crippen LogP contribution >= 0.6 is 0 Å². The van der Waals surface area contributed by atoms with Crippen molar-refractivity contribution in [3.05, 3.63) is 31.2 Å². The van der Waals surface area contributed by atoms with Crippen molar-refractivity contribution >= 4 is 0 Å². The van der Waals surface area contributed by atoms with E-state index in [-0.39, 0.29) is 0 Å². The molecule has 0 aromatic carbocycles. The summed E-state index contributed by atoms with van der Waals surface area (Å²) >= 11 is 0. The second kappa shape index (κ2) is 12.5. The Morgan fingerprint density at radius 3 is 2.29 bits per heavy atom. The molecular formula is C14H25. The zero-order chi connectivity index (χ0) is 10.5. The van der Waals surface area contributed by atoms with Gasteiger partial charge in [0.15, 0.2) is 0 Å². The summed E-state index contributed by atoms with van der Waals surface area (Å²) in [5.74, 6) is 0. The Morgan fingerprint density at radius 2 is 1.64 bits per heavy atom. The molecule has 0 aliphatic rings. The van der Waals surface area contributed by atoms with Crippen molar-refractivity contribution < 1.29 is 0 Å². The van der Waals surface area contributed by atoms with E-state index in [2.05, 4.69) is 26.0 Å². The zero-order valence-corrected chi connectivity index (χ0v) is 9.67. The first-order chi connectivity index (χ1) is 6.91. The van der Waals surface area contributed by atoms with Gasteiger partial charge in [0.05, 0.1) is 0 Å². The molecule has 0 saturated heterocycles. The van der Waals surface area contributed by atoms with Crippen molar-refractivity contribution in [2.75, 3.05) is 0 Å². The van der Waals surface area contributed by atoms with Gasteiger partial charge in [0.1, 0.15) is 0 Å². The highest BCUT2D eigenvalue weighted by atomic mass is 14.0. The van der Waals surface area contributed by atoms with Crippen LogP contribution in [0.4, 0.5) is 0 Å². The summed E-state index contributed by atoms with van der Waals surface area (Å²) < 4.78 is 0. The Morgan fingerprint density at radius 1 is 0.929 bits per heavy atom. The highest BCUT2D eigenvalue weighted by molar-refractivity contribution is 4.96. The average molecular weight is 193 g/mol. The fourth-order valence-corrected chi connectivity index (χ4v) is 1.45. The summed E-state index contributed by atoms with van der Waals surface area (Å²) in [7, 11) is 0. The fraction of sp³-hybridized carbons (Fsp3) is 0.643. The first-order valence-corrected chi connectivity index (χ1v) is 6.01. The summed E-state index contributed by atoms with van der Waals surface area (Å²) in [6.45, 7) is 5.88. The van der Waals surface area contributed by atoms with Crippen LogP contribution in [0.2, 0.25) is 0 Å². The van der Waals surface area contributed by atoms with Gasteiger partial charge < -0.3 is 0 Å². The van der Waals surface area contributed by atoms with E-state index in [9.17, 15) is 0 Å². The molecule has 0 atom stereocenters. The molecule has 0 nitrogen and oxygen atoms in total. The largest absolute Gasteiger partial charge is 0.0991 e. The monoisotopic (exact) mass is 193 g/mol. The van der Waals surface area contributed by atoms with Gasteiger partial charge in [-0.3, -0.25) is 0 Å². The molecule has 1 radical (unpaired) electrons. The predicted molar refractivity (Wildman–Crippen MR) is 66.2 cm³/mol. The van der Waals surface area contributed by atoms with Gasteiger partial charge in [-0.1, -0.05) is 70.3 Å². The molecule has 0 bridgehead atoms. The predicted octanol–water partition coefficient (Wildman–Crippen LogP) is 5.07. The lowest BCUT2D eigenvalue weighted by molar-refractivity contribution is 0.632. The van der Waals surface area contributed by atoms with Crippen LogP contribution in [0.25, 0.3) is 0 Å². The van der Waals surface area contributed by atoms with Gasteiger partial charge in [0.25, 0.3) is 0 Å². The van der Waals surface area contributed by atoms with Crippen LogP contribution in [0, 0.1) is 6.42 Å². The maximum Gasteiger partial charge on any atom is -0.0348 e. The zero-order valence-electron chi connectivity index (χ0n) is 9.67. The Balaban J connectivity index is 2.91. The summed E-state index contributed by atoms with van der Waals surface area (Å²) in [6.07, 6.45) is 19.1. The number of rotatable bonds is 10. The molecule has 0 aromatic heterocycles. The average Bonchev–Trinajstić information content (AvgIpc) is 2.21. The van der Waals surface area contributed by atoms with Crippen molar-refractivity contribution in [2.24, 2.45) is 0 Å². The molecule has 0 spiro atoms. The second-order valence-electron chi connectivity index (χ2n) is 3.73. The third-order valence-electron chi connectivity index (χ3n) is 2.29. The van der Waals surface area contributed by atoms with Crippen molar-refractivity contribution in [3.63, 3.8) is 0 Å². The van der Waals surface area contributed by atoms with Gasteiger partial charge in [-0.2, -0.15) is 0 Å². The number of hydrogen-bond donors (Lipinski definition) is 0. The van der Waals surface area contributed by atoms with Gasteiger partial charge in [-0.15, -0.1) is 0 Å². The molecule has 0 N–H and O–H groups in total. The Kier molecular flexibility index (Phi) is 12.0. The Labute approximate surface area is 90.1 Å². The van der Waals surface area contributed by atoms with Crippen LogP contribution in [-0.2, 0) is 0 Å². The van der Waals surface area contributed by atoms with Gasteiger partial charge in [-0.05, 0) is 19.3 Å². The molecule has 0 saturated carbocycles. The third kappa shape index (κ3) is 11.5. The van der Waals surface area contributed by atoms with E-state index in [4.69, 9.17) is 0 Å². The molecule has 81 valence electrons. The van der Waals surface area contributed by atoms with Crippen LogP contribution in [-0.4, -0.2) is 0 Å². The lowest BCUT2D eigenvalue weighted by Gasteiger charge is -1.99. The van der Waals surface area contributed by atoms with Crippen LogP contribution in [0.5, 0.6) is 0 Å². The number of unbranched alkanes of at least 4 members (excludes halogenated alkanes) is 8. The molecule has 0 aromatic rings. The number of allylic oxidation sites excluding steroid dienone is 3. The summed E-state index contributed by atoms with van der Waals surface area (Å²) in [4.78, 5) is 0. The molecule has 0 aliphatic heterocycles. The summed E-state index contributed by atoms with van der Waals surface area (Å²) in [5, 5.41) is 0. The SMILES string of the molecule is C=C/C=C\CCCCCC[CH]CCC. The molecule has 0 rings (SSSR count). The molecule has 0 unspecified atom stereocenters. The first kappa shape index (κ1) is 13.5. The quantitative estimate of drug-likeness (QED) is 0.335. The van der Waals surface area contributed by atoms with E-state index < -0.39 is 0 Å². The van der Waals surface area contributed by atoms with E-state index in [0.717, 1.165) is 0 Å². The van der Waals surface area contributed by atoms with Crippen molar-refractivity contribution in [3.8, 4) is 0 Å². The normalized spacial score (nSPS) is 10.9. The van der Waals surface area contributed by atoms with Crippen LogP contribution in [0.1, 0.15) is 58.3 Å². The molecule has 0 heterocycles. The van der Waals surface area contributed by atoms with E-state index >= 15 is 0 Å². The maximum absolute atomic E-state index is 3.65. The summed E-state index contributed by atoms with van der Waals surface area (Å²) in [5.41, 5.74) is 0. The van der Waals surface area contributed by atoms with Crippen molar-refractivity contribution in [2.45, 2.75) is 58.3 Å². The lowest BCUT2D eigenvalue weighted by Crippen LogP contribution is -1.80. The molecular weight excluding hydrogens is 168 g/mol. The van der Waals surface area contributed by atoms with E-state index in [1.54, 1.807) is 0 Å². The highest BCUT2D eigenvalue weighted by Crippen LogP contribution is 2.08. The molecule has 0 amide bonds. The number of hydrogen-bond acceptors (Lipinski definition) is 0. The smallest absolute Gasteiger partial charge is 0.0348 e. The van der Waals surface area contributed by atoms with Gasteiger partial charge >= 0.3 is 0 Å². The Bertz CT molecular complexity index is 133. The second-order valence-corrected chi connectivity index (χ2v) is 3.73. The molecule has 0 heteroatoms. The minimum Gasteiger partial charge on any atom is -0.0991 e. The molecule has 0 aliphatic carbocycles. The van der Waals surface area contributed by atoms with E-state index in [0.29, 0.717) is 0 Å². The Hall–Kier alpha value is -0.520. The summed E-state index contributed by atoms with van der Waals surface area (Å²) in [6, 6.07) is 0. The topological polar surface area (TPSA) is 0 Å². The van der Waals surface area contributed by atoms with Crippen molar-refractivity contribution in [1.82, 2.24) is 0 Å². The molecule has 14 heavy (non-hydrogen) atoms. The van der Waals surface area contributed by atoms with Crippen molar-refractivity contribution in [1.29, 1.82) is 0 Å². The van der Waals surface area contributed by atoms with Gasteiger partial charge in [0.2, 0.25) is 0 Å². The fourth-order valence-electron chi connectivity index (χ4n) is 1.45.